The van der Waals surface area contributed by atoms with Crippen LogP contribution >= 0.6 is 11.5 Å². The third kappa shape index (κ3) is 2.63. The zero-order valence-corrected chi connectivity index (χ0v) is 13.3. The van der Waals surface area contributed by atoms with E-state index in [9.17, 15) is 18.3 Å². The molecule has 2 aromatic rings. The van der Waals surface area contributed by atoms with Crippen molar-refractivity contribution in [2.45, 2.75) is 25.4 Å². The topological polar surface area (TPSA) is 105 Å². The number of carboxylic acid groups (broad SMARTS) is 1. The van der Waals surface area contributed by atoms with Gasteiger partial charge in [0.1, 0.15) is 10.6 Å². The highest BCUT2D eigenvalue weighted by atomic mass is 32.2. The summed E-state index contributed by atoms with van der Waals surface area (Å²) in [6.07, 6.45) is 2.82. The van der Waals surface area contributed by atoms with Crippen LogP contribution in [0.5, 0.6) is 0 Å². The fourth-order valence-corrected chi connectivity index (χ4v) is 3.90. The smallest absolute Gasteiger partial charge is 0.340 e. The second-order valence-corrected chi connectivity index (χ2v) is 6.94. The number of carboxylic acids is 1. The van der Waals surface area contributed by atoms with Crippen LogP contribution in [0.15, 0.2) is 17.6 Å². The minimum atomic E-state index is -3.92. The number of hydrogen-bond acceptors (Lipinski definition) is 6. The van der Waals surface area contributed by atoms with Gasteiger partial charge < -0.3 is 9.67 Å². The lowest BCUT2D eigenvalue weighted by Gasteiger charge is -2.16. The van der Waals surface area contributed by atoms with Gasteiger partial charge in [-0.1, -0.05) is 0 Å². The number of aromatic nitrogens is 3. The largest absolute Gasteiger partial charge is 0.478 e. The van der Waals surface area contributed by atoms with E-state index < -0.39 is 16.0 Å². The number of nitrogens with zero attached hydrogens (tertiary/aromatic N) is 4. The van der Waals surface area contributed by atoms with E-state index >= 15 is 0 Å². The highest BCUT2D eigenvalue weighted by Gasteiger charge is 2.30. The van der Waals surface area contributed by atoms with Crippen LogP contribution in [0.4, 0.5) is 5.00 Å². The van der Waals surface area contributed by atoms with Gasteiger partial charge in [-0.15, -0.1) is 0 Å². The van der Waals surface area contributed by atoms with Crippen molar-refractivity contribution < 1.29 is 18.3 Å². The Morgan fingerprint density at radius 1 is 1.52 bits per heavy atom. The fourth-order valence-electron chi connectivity index (χ4n) is 1.71. The van der Waals surface area contributed by atoms with Crippen LogP contribution in [0.1, 0.15) is 23.0 Å². The van der Waals surface area contributed by atoms with E-state index in [1.807, 2.05) is 6.92 Å². The molecule has 0 aliphatic carbocycles. The molecule has 114 valence electrons. The highest BCUT2D eigenvalue weighted by Crippen LogP contribution is 2.31. The highest BCUT2D eigenvalue weighted by molar-refractivity contribution is 7.92. The molecule has 0 atom stereocenters. The monoisotopic (exact) mass is 330 g/mol. The van der Waals surface area contributed by atoms with Crippen molar-refractivity contribution >= 4 is 32.5 Å². The number of hydrogen-bond donors (Lipinski definition) is 1. The second-order valence-electron chi connectivity index (χ2n) is 4.27. The number of imidazole rings is 1. The van der Waals surface area contributed by atoms with Gasteiger partial charge in [0.05, 0.1) is 12.0 Å². The second kappa shape index (κ2) is 5.45. The zero-order valence-electron chi connectivity index (χ0n) is 11.6. The van der Waals surface area contributed by atoms with Crippen LogP contribution in [0.3, 0.4) is 0 Å². The lowest BCUT2D eigenvalue weighted by atomic mass is 10.2. The number of aryl methyl sites for hydroxylation is 2. The minimum Gasteiger partial charge on any atom is -0.478 e. The van der Waals surface area contributed by atoms with E-state index in [1.54, 1.807) is 4.57 Å². The molecule has 0 saturated carbocycles. The first-order valence-electron chi connectivity index (χ1n) is 5.99. The van der Waals surface area contributed by atoms with Crippen LogP contribution in [-0.4, -0.2) is 40.5 Å². The van der Waals surface area contributed by atoms with Gasteiger partial charge in [0.2, 0.25) is 0 Å². The molecule has 0 aliphatic rings. The van der Waals surface area contributed by atoms with Crippen molar-refractivity contribution in [3.8, 4) is 0 Å². The van der Waals surface area contributed by atoms with Crippen molar-refractivity contribution in [1.82, 2.24) is 13.9 Å². The van der Waals surface area contributed by atoms with Crippen LogP contribution in [0, 0.1) is 6.92 Å². The van der Waals surface area contributed by atoms with Crippen LogP contribution in [0.25, 0.3) is 0 Å². The number of rotatable bonds is 5. The first-order chi connectivity index (χ1) is 9.78. The summed E-state index contributed by atoms with van der Waals surface area (Å²) in [7, 11) is -2.62. The SMILES string of the molecule is CCn1cnc(S(=O)(=O)N(C)c2snc(C)c2C(=O)O)c1. The van der Waals surface area contributed by atoms with E-state index in [0.717, 1.165) is 15.8 Å². The normalized spacial score (nSPS) is 11.6. The molecule has 21 heavy (non-hydrogen) atoms. The molecule has 0 amide bonds. The lowest BCUT2D eigenvalue weighted by molar-refractivity contribution is 0.0697. The molecule has 0 aromatic carbocycles. The van der Waals surface area contributed by atoms with E-state index in [-0.39, 0.29) is 21.3 Å². The number of sulfonamides is 1. The molecule has 0 fully saturated rings. The van der Waals surface area contributed by atoms with Crippen LogP contribution < -0.4 is 4.31 Å². The molecule has 0 aliphatic heterocycles. The predicted octanol–water partition coefficient (Wildman–Crippen LogP) is 1.19. The van der Waals surface area contributed by atoms with Gasteiger partial charge in [0.15, 0.2) is 5.03 Å². The zero-order chi connectivity index (χ0) is 15.8. The Kier molecular flexibility index (Phi) is 4.01. The molecule has 2 aromatic heterocycles. The summed E-state index contributed by atoms with van der Waals surface area (Å²) in [5, 5.41) is 9.12. The Morgan fingerprint density at radius 2 is 2.19 bits per heavy atom. The maximum absolute atomic E-state index is 12.5. The average Bonchev–Trinajstić information content (AvgIpc) is 3.03. The molecular weight excluding hydrogens is 316 g/mol. The maximum Gasteiger partial charge on any atom is 0.340 e. The van der Waals surface area contributed by atoms with Gasteiger partial charge in [-0.2, -0.15) is 12.8 Å². The molecule has 0 spiro atoms. The predicted molar refractivity (Wildman–Crippen MR) is 77.3 cm³/mol. The average molecular weight is 330 g/mol. The number of anilines is 1. The summed E-state index contributed by atoms with van der Waals surface area (Å²) >= 11 is 0.828. The molecule has 1 N–H and O–H groups in total. The Balaban J connectivity index is 2.48. The Bertz CT molecular complexity index is 778. The summed E-state index contributed by atoms with van der Waals surface area (Å²) in [6, 6.07) is 0. The van der Waals surface area contributed by atoms with Gasteiger partial charge in [-0.3, -0.25) is 4.31 Å². The van der Waals surface area contributed by atoms with Crippen molar-refractivity contribution in [2.24, 2.45) is 0 Å². The Morgan fingerprint density at radius 3 is 2.71 bits per heavy atom. The van der Waals surface area contributed by atoms with Gasteiger partial charge in [0, 0.05) is 19.8 Å². The van der Waals surface area contributed by atoms with Gasteiger partial charge in [0.25, 0.3) is 10.0 Å². The molecular formula is C11H14N4O4S2. The number of carbonyl (C=O) groups is 1. The molecule has 8 nitrogen and oxygen atoms in total. The molecule has 0 radical (unpaired) electrons. The molecule has 2 rings (SSSR count). The Labute approximate surface area is 125 Å². The number of aromatic carboxylic acids is 1. The van der Waals surface area contributed by atoms with E-state index in [1.165, 1.54) is 26.5 Å². The van der Waals surface area contributed by atoms with Gasteiger partial charge >= 0.3 is 5.97 Å². The van der Waals surface area contributed by atoms with Crippen molar-refractivity contribution in [2.75, 3.05) is 11.4 Å². The molecule has 10 heteroatoms. The van der Waals surface area contributed by atoms with Gasteiger partial charge in [-0.25, -0.2) is 9.78 Å². The minimum absolute atomic E-state index is 0.0612. The summed E-state index contributed by atoms with van der Waals surface area (Å²) < 4.78 is 31.4. The third-order valence-corrected chi connectivity index (χ3v) is 5.72. The van der Waals surface area contributed by atoms with Crippen molar-refractivity contribution in [3.63, 3.8) is 0 Å². The first kappa shape index (κ1) is 15.4. The Hall–Kier alpha value is -1.94. The summed E-state index contributed by atoms with van der Waals surface area (Å²) in [5.41, 5.74) is 0.171. The van der Waals surface area contributed by atoms with E-state index in [2.05, 4.69) is 9.36 Å². The quantitative estimate of drug-likeness (QED) is 0.883. The summed E-state index contributed by atoms with van der Waals surface area (Å²) in [6.45, 7) is 3.97. The molecule has 2 heterocycles. The molecule has 0 bridgehead atoms. The molecule has 0 saturated heterocycles. The standard InChI is InChI=1S/C11H14N4O4S2/c1-4-15-5-8(12-6-15)21(18,19)14(3)10-9(11(16)17)7(2)13-20-10/h5-6H,4H2,1-3H3,(H,16,17). The van der Waals surface area contributed by atoms with Gasteiger partial charge in [-0.05, 0) is 25.4 Å². The third-order valence-electron chi connectivity index (χ3n) is 2.94. The fraction of sp³-hybridized carbons (Fsp3) is 0.364. The summed E-state index contributed by atoms with van der Waals surface area (Å²) in [4.78, 5) is 15.1. The van der Waals surface area contributed by atoms with Crippen molar-refractivity contribution in [1.29, 1.82) is 0 Å². The first-order valence-corrected chi connectivity index (χ1v) is 8.20. The van der Waals surface area contributed by atoms with Crippen molar-refractivity contribution in [3.05, 3.63) is 23.8 Å². The van der Waals surface area contributed by atoms with Crippen LogP contribution in [-0.2, 0) is 16.6 Å². The van der Waals surface area contributed by atoms with E-state index in [0.29, 0.717) is 6.54 Å². The summed E-state index contributed by atoms with van der Waals surface area (Å²) in [5.74, 6) is -1.21. The van der Waals surface area contributed by atoms with Crippen LogP contribution in [0.2, 0.25) is 0 Å². The molecule has 0 unspecified atom stereocenters. The maximum atomic E-state index is 12.5. The van der Waals surface area contributed by atoms with E-state index in [4.69, 9.17) is 0 Å². The lowest BCUT2D eigenvalue weighted by Crippen LogP contribution is -2.27.